The summed E-state index contributed by atoms with van der Waals surface area (Å²) in [5.41, 5.74) is 0.393. The molecule has 1 N–H and O–H groups in total. The van der Waals surface area contributed by atoms with Gasteiger partial charge in [0.2, 0.25) is 0 Å². The average molecular weight is 328 g/mol. The van der Waals surface area contributed by atoms with Crippen LogP contribution in [-0.2, 0) is 4.74 Å². The van der Waals surface area contributed by atoms with E-state index in [4.69, 9.17) is 4.74 Å². The molecular weight excluding hydrogens is 306 g/mol. The molecule has 23 heavy (non-hydrogen) atoms. The van der Waals surface area contributed by atoms with E-state index < -0.39 is 6.61 Å². The summed E-state index contributed by atoms with van der Waals surface area (Å²) in [5.74, 6) is -0.232. The molecule has 0 aliphatic carbocycles. The third-order valence-corrected chi connectivity index (χ3v) is 3.99. The lowest BCUT2D eigenvalue weighted by molar-refractivity contribution is -0.0498. The van der Waals surface area contributed by atoms with Crippen LogP contribution in [0.1, 0.15) is 24.2 Å². The van der Waals surface area contributed by atoms with Gasteiger partial charge < -0.3 is 14.8 Å². The van der Waals surface area contributed by atoms with Crippen molar-refractivity contribution in [3.05, 3.63) is 29.8 Å². The van der Waals surface area contributed by atoms with Crippen LogP contribution in [0.4, 0.5) is 8.78 Å². The molecule has 1 aromatic rings. The van der Waals surface area contributed by atoms with Crippen LogP contribution in [0.25, 0.3) is 0 Å². The Bertz CT molecular complexity index is 523. The number of benzene rings is 1. The molecule has 0 radical (unpaired) electrons. The lowest BCUT2D eigenvalue weighted by atomic mass is 10.1. The van der Waals surface area contributed by atoms with Gasteiger partial charge in [0.1, 0.15) is 5.75 Å². The second-order valence-corrected chi connectivity index (χ2v) is 5.80. The molecule has 1 heterocycles. The zero-order chi connectivity index (χ0) is 17.0. The lowest BCUT2D eigenvalue weighted by Crippen LogP contribution is -2.43. The molecule has 1 aliphatic heterocycles. The van der Waals surface area contributed by atoms with E-state index in [9.17, 15) is 13.6 Å². The monoisotopic (exact) mass is 328 g/mol. The Morgan fingerprint density at radius 1 is 1.26 bits per heavy atom. The maximum Gasteiger partial charge on any atom is 0.387 e. The number of rotatable bonds is 6. The van der Waals surface area contributed by atoms with Gasteiger partial charge in [0.05, 0.1) is 12.1 Å². The van der Waals surface area contributed by atoms with Crippen LogP contribution in [-0.4, -0.2) is 55.8 Å². The van der Waals surface area contributed by atoms with Crippen LogP contribution >= 0.6 is 0 Å². The molecule has 1 saturated heterocycles. The van der Waals surface area contributed by atoms with Crippen molar-refractivity contribution in [2.75, 3.05) is 20.2 Å². The predicted molar refractivity (Wildman–Crippen MR) is 81.8 cm³/mol. The second kappa shape index (κ2) is 7.70. The highest BCUT2D eigenvalue weighted by Gasteiger charge is 2.35. The van der Waals surface area contributed by atoms with Gasteiger partial charge in [0, 0.05) is 31.8 Å². The number of carbonyl (C=O) groups excluding carboxylic acids is 1. The van der Waals surface area contributed by atoms with E-state index in [1.807, 2.05) is 0 Å². The van der Waals surface area contributed by atoms with Gasteiger partial charge in [-0.15, -0.1) is 0 Å². The van der Waals surface area contributed by atoms with Crippen LogP contribution < -0.4 is 10.1 Å². The van der Waals surface area contributed by atoms with Gasteiger partial charge >= 0.3 is 6.61 Å². The largest absolute Gasteiger partial charge is 0.435 e. The standard InChI is InChI=1S/C16H22F2N2O3/c1-10(2)20-8-13(14(9-20)22-3)19-15(21)11-4-6-12(7-5-11)23-16(17)18/h4-7,10,13-14,16H,8-9H2,1-3H3,(H,19,21)/t13-,14-/m1/s1. The van der Waals surface area contributed by atoms with E-state index in [0.29, 0.717) is 18.2 Å². The summed E-state index contributed by atoms with van der Waals surface area (Å²) in [6.07, 6.45) is -0.0669. The fraction of sp³-hybridized carbons (Fsp3) is 0.562. The van der Waals surface area contributed by atoms with E-state index in [1.54, 1.807) is 7.11 Å². The smallest absolute Gasteiger partial charge is 0.387 e. The summed E-state index contributed by atoms with van der Waals surface area (Å²) < 4.78 is 33.9. The van der Waals surface area contributed by atoms with E-state index in [-0.39, 0.29) is 23.8 Å². The van der Waals surface area contributed by atoms with Crippen molar-refractivity contribution in [3.63, 3.8) is 0 Å². The minimum Gasteiger partial charge on any atom is -0.435 e. The Labute approximate surface area is 134 Å². The number of hydrogen-bond acceptors (Lipinski definition) is 4. The van der Waals surface area contributed by atoms with E-state index >= 15 is 0 Å². The van der Waals surface area contributed by atoms with Crippen molar-refractivity contribution in [1.29, 1.82) is 0 Å². The molecule has 1 fully saturated rings. The normalized spacial score (nSPS) is 21.9. The van der Waals surface area contributed by atoms with Crippen LogP contribution in [0, 0.1) is 0 Å². The number of ether oxygens (including phenoxy) is 2. The minimum atomic E-state index is -2.88. The third kappa shape index (κ3) is 4.62. The van der Waals surface area contributed by atoms with Crippen LogP contribution in [0.5, 0.6) is 5.75 Å². The zero-order valence-corrected chi connectivity index (χ0v) is 13.5. The summed E-state index contributed by atoms with van der Waals surface area (Å²) in [7, 11) is 1.63. The number of nitrogens with one attached hydrogen (secondary N) is 1. The molecule has 0 bridgehead atoms. The van der Waals surface area contributed by atoms with Crippen molar-refractivity contribution in [2.24, 2.45) is 0 Å². The Morgan fingerprint density at radius 2 is 1.91 bits per heavy atom. The molecule has 0 unspecified atom stereocenters. The molecule has 1 amide bonds. The van der Waals surface area contributed by atoms with Crippen molar-refractivity contribution in [2.45, 2.75) is 38.6 Å². The summed E-state index contributed by atoms with van der Waals surface area (Å²) >= 11 is 0. The number of likely N-dealkylation sites (tertiary alicyclic amines) is 1. The number of methoxy groups -OCH3 is 1. The molecule has 0 aromatic heterocycles. The zero-order valence-electron chi connectivity index (χ0n) is 13.5. The first-order valence-corrected chi connectivity index (χ1v) is 7.53. The number of hydrogen-bond donors (Lipinski definition) is 1. The maximum atomic E-state index is 12.3. The highest BCUT2D eigenvalue weighted by molar-refractivity contribution is 5.94. The van der Waals surface area contributed by atoms with E-state index in [1.165, 1.54) is 24.3 Å². The van der Waals surface area contributed by atoms with Crippen LogP contribution in [0.3, 0.4) is 0 Å². The fourth-order valence-corrected chi connectivity index (χ4v) is 2.64. The molecule has 7 heteroatoms. The first kappa shape index (κ1) is 17.6. The average Bonchev–Trinajstić information content (AvgIpc) is 2.90. The van der Waals surface area contributed by atoms with Gasteiger partial charge in [-0.05, 0) is 38.1 Å². The molecule has 2 atom stereocenters. The van der Waals surface area contributed by atoms with Crippen molar-refractivity contribution in [1.82, 2.24) is 10.2 Å². The van der Waals surface area contributed by atoms with Crippen LogP contribution in [0.2, 0.25) is 0 Å². The number of carbonyl (C=O) groups is 1. The summed E-state index contributed by atoms with van der Waals surface area (Å²) in [5, 5.41) is 2.95. The SMILES string of the molecule is CO[C@@H]1CN(C(C)C)C[C@H]1NC(=O)c1ccc(OC(F)F)cc1. The topological polar surface area (TPSA) is 50.8 Å². The molecule has 5 nitrogen and oxygen atoms in total. The minimum absolute atomic E-state index is 0.0261. The van der Waals surface area contributed by atoms with Crippen molar-refractivity contribution in [3.8, 4) is 5.75 Å². The van der Waals surface area contributed by atoms with Gasteiger partial charge in [0.25, 0.3) is 5.91 Å². The van der Waals surface area contributed by atoms with Crippen molar-refractivity contribution < 1.29 is 23.0 Å². The van der Waals surface area contributed by atoms with Gasteiger partial charge in [-0.1, -0.05) is 0 Å². The summed E-state index contributed by atoms with van der Waals surface area (Å²) in [4.78, 5) is 14.5. The van der Waals surface area contributed by atoms with Gasteiger partial charge in [-0.25, -0.2) is 0 Å². The predicted octanol–water partition coefficient (Wildman–Crippen LogP) is 2.13. The first-order valence-electron chi connectivity index (χ1n) is 7.53. The van der Waals surface area contributed by atoms with Gasteiger partial charge in [-0.3, -0.25) is 9.69 Å². The van der Waals surface area contributed by atoms with Crippen LogP contribution in [0.15, 0.2) is 24.3 Å². The molecule has 2 rings (SSSR count). The molecule has 1 aliphatic rings. The Kier molecular flexibility index (Phi) is 5.90. The molecule has 128 valence electrons. The van der Waals surface area contributed by atoms with E-state index in [2.05, 4.69) is 28.8 Å². The van der Waals surface area contributed by atoms with Gasteiger partial charge in [-0.2, -0.15) is 8.78 Å². The lowest BCUT2D eigenvalue weighted by Gasteiger charge is -2.20. The Hall–Kier alpha value is -1.73. The van der Waals surface area contributed by atoms with Gasteiger partial charge in [0.15, 0.2) is 0 Å². The Morgan fingerprint density at radius 3 is 2.43 bits per heavy atom. The third-order valence-electron chi connectivity index (χ3n) is 3.99. The second-order valence-electron chi connectivity index (χ2n) is 5.80. The molecule has 0 spiro atoms. The number of nitrogens with zero attached hydrogens (tertiary/aromatic N) is 1. The fourth-order valence-electron chi connectivity index (χ4n) is 2.64. The number of alkyl halides is 2. The summed E-state index contributed by atoms with van der Waals surface area (Å²) in [6.45, 7) is 2.80. The summed E-state index contributed by atoms with van der Waals surface area (Å²) in [6, 6.07) is 5.90. The quantitative estimate of drug-likeness (QED) is 0.869. The van der Waals surface area contributed by atoms with E-state index in [0.717, 1.165) is 6.54 Å². The highest BCUT2D eigenvalue weighted by Crippen LogP contribution is 2.18. The maximum absolute atomic E-state index is 12.3. The van der Waals surface area contributed by atoms with Crippen molar-refractivity contribution >= 4 is 5.91 Å². The Balaban J connectivity index is 1.98. The highest BCUT2D eigenvalue weighted by atomic mass is 19.3. The molecular formula is C16H22F2N2O3. The molecule has 1 aromatic carbocycles. The molecule has 0 saturated carbocycles. The number of halogens is 2. The first-order chi connectivity index (χ1) is 10.9. The number of amides is 1.